The minimum Gasteiger partial charge on any atom is -0.321 e. The summed E-state index contributed by atoms with van der Waals surface area (Å²) in [7, 11) is -4.02. The highest BCUT2D eigenvalue weighted by Crippen LogP contribution is 2.32. The van der Waals surface area contributed by atoms with Crippen molar-refractivity contribution in [3.8, 4) is 0 Å². The molecular formula is C6H11N2O3P. The van der Waals surface area contributed by atoms with Crippen molar-refractivity contribution in [1.29, 1.82) is 0 Å². The smallest absolute Gasteiger partial charge is 0.321 e. The van der Waals surface area contributed by atoms with Gasteiger partial charge in [-0.2, -0.15) is 0 Å². The Morgan fingerprint density at radius 2 is 1.50 bits per heavy atom. The van der Waals surface area contributed by atoms with Gasteiger partial charge in [0.15, 0.2) is 0 Å². The maximum atomic E-state index is 10.5. The maximum Gasteiger partial charge on any atom is 0.356 e. The summed E-state index contributed by atoms with van der Waals surface area (Å²) >= 11 is 0. The number of benzene rings is 1. The molecule has 1 rings (SSSR count). The quantitative estimate of drug-likeness (QED) is 0.266. The molecule has 0 saturated heterocycles. The molecule has 12 heavy (non-hydrogen) atoms. The largest absolute Gasteiger partial charge is 0.356 e. The van der Waals surface area contributed by atoms with E-state index in [9.17, 15) is 4.57 Å². The molecule has 0 heterocycles. The zero-order valence-electron chi connectivity index (χ0n) is 6.29. The van der Waals surface area contributed by atoms with Crippen molar-refractivity contribution in [2.75, 3.05) is 0 Å². The van der Waals surface area contributed by atoms with E-state index in [1.54, 1.807) is 18.2 Å². The molecule has 0 unspecified atom stereocenters. The molecule has 0 amide bonds. The number of hydrazine groups is 1. The monoisotopic (exact) mass is 190 g/mol. The maximum absolute atomic E-state index is 10.5. The Bertz CT molecular complexity index is 259. The van der Waals surface area contributed by atoms with Crippen molar-refractivity contribution >= 4 is 12.9 Å². The zero-order valence-corrected chi connectivity index (χ0v) is 7.19. The van der Waals surface area contributed by atoms with Crippen molar-refractivity contribution in [2.45, 2.75) is 0 Å². The van der Waals surface area contributed by atoms with Crippen LogP contribution >= 0.6 is 7.60 Å². The van der Waals surface area contributed by atoms with Crippen molar-refractivity contribution < 1.29 is 14.4 Å². The molecule has 0 aliphatic heterocycles. The highest BCUT2D eigenvalue weighted by molar-refractivity contribution is 7.60. The lowest BCUT2D eigenvalue weighted by Gasteiger charge is -2.00. The van der Waals surface area contributed by atoms with Gasteiger partial charge in [-0.15, -0.1) is 0 Å². The van der Waals surface area contributed by atoms with E-state index in [1.165, 1.54) is 12.1 Å². The van der Waals surface area contributed by atoms with Crippen LogP contribution in [0, 0.1) is 0 Å². The highest BCUT2D eigenvalue weighted by atomic mass is 31.2. The molecule has 0 aromatic heterocycles. The van der Waals surface area contributed by atoms with Crippen LogP contribution < -0.4 is 17.0 Å². The summed E-state index contributed by atoms with van der Waals surface area (Å²) in [6.45, 7) is 0. The second-order valence-electron chi connectivity index (χ2n) is 1.88. The van der Waals surface area contributed by atoms with Crippen LogP contribution in [0.5, 0.6) is 0 Å². The first-order chi connectivity index (χ1) is 5.61. The van der Waals surface area contributed by atoms with Crippen molar-refractivity contribution in [3.63, 3.8) is 0 Å². The first kappa shape index (κ1) is 11.3. The van der Waals surface area contributed by atoms with Gasteiger partial charge in [0.2, 0.25) is 0 Å². The Hall–Kier alpha value is -0.710. The van der Waals surface area contributed by atoms with E-state index < -0.39 is 7.60 Å². The summed E-state index contributed by atoms with van der Waals surface area (Å²) < 4.78 is 10.5. The third-order valence-corrected chi connectivity index (χ3v) is 2.06. The lowest BCUT2D eigenvalue weighted by atomic mass is 10.4. The summed E-state index contributed by atoms with van der Waals surface area (Å²) in [5, 5.41) is 0.0648. The van der Waals surface area contributed by atoms with Gasteiger partial charge in [-0.1, -0.05) is 18.2 Å². The van der Waals surface area contributed by atoms with E-state index in [4.69, 9.17) is 9.79 Å². The van der Waals surface area contributed by atoms with Crippen LogP contribution in [0.2, 0.25) is 0 Å². The van der Waals surface area contributed by atoms with Crippen molar-refractivity contribution in [2.24, 2.45) is 11.7 Å². The predicted octanol–water partition coefficient (Wildman–Crippen LogP) is -0.692. The Morgan fingerprint density at radius 3 is 1.75 bits per heavy atom. The minimum absolute atomic E-state index is 0.0648. The fraction of sp³-hybridized carbons (Fsp3) is 0. The Balaban J connectivity index is 0.000000561. The molecule has 0 fully saturated rings. The molecule has 68 valence electrons. The second-order valence-corrected chi connectivity index (χ2v) is 3.48. The van der Waals surface area contributed by atoms with E-state index in [2.05, 4.69) is 11.7 Å². The van der Waals surface area contributed by atoms with Crippen LogP contribution in [0.1, 0.15) is 0 Å². The summed E-state index contributed by atoms with van der Waals surface area (Å²) in [6.07, 6.45) is 0. The van der Waals surface area contributed by atoms with E-state index >= 15 is 0 Å². The summed E-state index contributed by atoms with van der Waals surface area (Å²) in [4.78, 5) is 17.2. The number of nitrogens with two attached hydrogens (primary N) is 2. The highest BCUT2D eigenvalue weighted by Gasteiger charge is 2.14. The third kappa shape index (κ3) is 3.61. The fourth-order valence-corrected chi connectivity index (χ4v) is 1.18. The predicted molar refractivity (Wildman–Crippen MR) is 46.5 cm³/mol. The Morgan fingerprint density at radius 1 is 1.08 bits per heavy atom. The number of rotatable bonds is 1. The molecule has 1 aromatic rings. The van der Waals surface area contributed by atoms with Crippen LogP contribution in [-0.2, 0) is 4.57 Å². The minimum atomic E-state index is -4.02. The van der Waals surface area contributed by atoms with E-state index in [0.717, 1.165) is 0 Å². The second kappa shape index (κ2) is 5.03. The third-order valence-electron chi connectivity index (χ3n) is 1.09. The molecule has 0 bridgehead atoms. The summed E-state index contributed by atoms with van der Waals surface area (Å²) in [5.74, 6) is 8.00. The van der Waals surface area contributed by atoms with Crippen LogP contribution in [0.15, 0.2) is 30.3 Å². The molecule has 6 heteroatoms. The summed E-state index contributed by atoms with van der Waals surface area (Å²) in [6, 6.07) is 7.70. The van der Waals surface area contributed by atoms with Crippen LogP contribution in [0.4, 0.5) is 0 Å². The van der Waals surface area contributed by atoms with Gasteiger partial charge >= 0.3 is 7.60 Å². The van der Waals surface area contributed by atoms with Gasteiger partial charge in [0.25, 0.3) is 0 Å². The standard InChI is InChI=1S/C6H7O3P.H4N2/c7-10(8,9)6-4-2-1-3-5-6;1-2/h1-5H,(H2,7,8,9);1-2H2. The van der Waals surface area contributed by atoms with Crippen molar-refractivity contribution in [3.05, 3.63) is 30.3 Å². The molecule has 6 N–H and O–H groups in total. The summed E-state index contributed by atoms with van der Waals surface area (Å²) in [5.41, 5.74) is 0. The van der Waals surface area contributed by atoms with Gasteiger partial charge in [-0.25, -0.2) is 0 Å². The van der Waals surface area contributed by atoms with E-state index in [1.807, 2.05) is 0 Å². The van der Waals surface area contributed by atoms with Crippen LogP contribution in [0.25, 0.3) is 0 Å². The first-order valence-corrected chi connectivity index (χ1v) is 4.66. The molecule has 0 saturated carbocycles. The molecule has 1 aromatic carbocycles. The van der Waals surface area contributed by atoms with Crippen LogP contribution in [-0.4, -0.2) is 9.79 Å². The van der Waals surface area contributed by atoms with Gasteiger partial charge in [0.05, 0.1) is 5.30 Å². The first-order valence-electron chi connectivity index (χ1n) is 3.05. The molecule has 0 spiro atoms. The fourth-order valence-electron chi connectivity index (χ4n) is 0.622. The topological polar surface area (TPSA) is 110 Å². The van der Waals surface area contributed by atoms with Crippen molar-refractivity contribution in [1.82, 2.24) is 0 Å². The Kier molecular flexibility index (Phi) is 4.73. The average Bonchev–Trinajstić information content (AvgIpc) is 2.08. The lowest BCUT2D eigenvalue weighted by Crippen LogP contribution is -2.02. The van der Waals surface area contributed by atoms with E-state index in [-0.39, 0.29) is 5.30 Å². The molecule has 5 nitrogen and oxygen atoms in total. The number of hydrogen-bond acceptors (Lipinski definition) is 3. The number of hydrogen-bond donors (Lipinski definition) is 4. The van der Waals surface area contributed by atoms with Gasteiger partial charge in [0.1, 0.15) is 0 Å². The molecular weight excluding hydrogens is 179 g/mol. The zero-order chi connectivity index (χ0) is 9.61. The van der Waals surface area contributed by atoms with Gasteiger partial charge in [-0.05, 0) is 12.1 Å². The van der Waals surface area contributed by atoms with Gasteiger partial charge < -0.3 is 9.79 Å². The molecule has 0 aliphatic carbocycles. The molecule has 0 radical (unpaired) electrons. The SMILES string of the molecule is NN.O=P(O)(O)c1ccccc1. The average molecular weight is 190 g/mol. The van der Waals surface area contributed by atoms with Gasteiger partial charge in [-0.3, -0.25) is 16.3 Å². The van der Waals surface area contributed by atoms with Gasteiger partial charge in [0, 0.05) is 0 Å². The Labute approximate surface area is 70.1 Å². The normalized spacial score (nSPS) is 10.0. The molecule has 0 atom stereocenters. The lowest BCUT2D eigenvalue weighted by molar-refractivity contribution is 0.387. The van der Waals surface area contributed by atoms with Crippen LogP contribution in [0.3, 0.4) is 0 Å². The molecule has 0 aliphatic rings. The van der Waals surface area contributed by atoms with E-state index in [0.29, 0.717) is 0 Å².